The van der Waals surface area contributed by atoms with Gasteiger partial charge < -0.3 is 4.42 Å². The van der Waals surface area contributed by atoms with Crippen LogP contribution in [-0.2, 0) is 10.8 Å². The molecule has 10 aromatic rings. The van der Waals surface area contributed by atoms with Crippen LogP contribution in [0.4, 0.5) is 0 Å². The molecule has 3 aliphatic rings. The minimum Gasteiger partial charge on any atom is -0.455 e. The molecule has 0 amide bonds. The Bertz CT molecular complexity index is 3380. The van der Waals surface area contributed by atoms with E-state index in [-0.39, 0.29) is 5.41 Å². The van der Waals surface area contributed by atoms with Gasteiger partial charge in [0.25, 0.3) is 0 Å². The number of hydrogen-bond donors (Lipinski definition) is 0. The van der Waals surface area contributed by atoms with Crippen LogP contribution in [0.3, 0.4) is 0 Å². The number of hydrogen-bond acceptors (Lipinski definition) is 3. The lowest BCUT2D eigenvalue weighted by Crippen LogP contribution is -2.26. The lowest BCUT2D eigenvalue weighted by Gasteiger charge is -2.32. The molecule has 8 aromatic carbocycles. The lowest BCUT2D eigenvalue weighted by molar-refractivity contribution is 0.660. The molecule has 0 saturated carbocycles. The van der Waals surface area contributed by atoms with Crippen molar-refractivity contribution >= 4 is 21.9 Å². The maximum Gasteiger partial charge on any atom is 0.160 e. The summed E-state index contributed by atoms with van der Waals surface area (Å²) in [7, 11) is 0. The number of aromatic nitrogens is 2. The first-order valence-corrected chi connectivity index (χ1v) is 20.5. The van der Waals surface area contributed by atoms with E-state index in [4.69, 9.17) is 14.4 Å². The second kappa shape index (κ2) is 11.6. The molecular weight excluding hydrogens is 717 g/mol. The largest absolute Gasteiger partial charge is 0.455 e. The van der Waals surface area contributed by atoms with Crippen LogP contribution in [0.25, 0.3) is 89.2 Å². The molecule has 276 valence electrons. The Kier molecular flexibility index (Phi) is 6.44. The first-order valence-electron chi connectivity index (χ1n) is 20.5. The van der Waals surface area contributed by atoms with Gasteiger partial charge in [-0.25, -0.2) is 9.97 Å². The molecular formula is C56H36N2O. The van der Waals surface area contributed by atoms with Crippen LogP contribution in [-0.4, -0.2) is 9.97 Å². The van der Waals surface area contributed by atoms with E-state index in [1.54, 1.807) is 0 Å². The summed E-state index contributed by atoms with van der Waals surface area (Å²) in [5.74, 6) is 0.694. The smallest absolute Gasteiger partial charge is 0.160 e. The molecule has 0 fully saturated rings. The molecule has 3 aliphatic carbocycles. The quantitative estimate of drug-likeness (QED) is 0.180. The fourth-order valence-electron chi connectivity index (χ4n) is 11.1. The van der Waals surface area contributed by atoms with Crippen molar-refractivity contribution in [2.45, 2.75) is 24.7 Å². The van der Waals surface area contributed by atoms with Gasteiger partial charge in [-0.1, -0.05) is 178 Å². The van der Waals surface area contributed by atoms with E-state index >= 15 is 0 Å². The maximum absolute atomic E-state index is 6.69. The highest BCUT2D eigenvalue weighted by atomic mass is 16.3. The Morgan fingerprint density at radius 2 is 0.864 bits per heavy atom. The second-order valence-corrected chi connectivity index (χ2v) is 16.8. The van der Waals surface area contributed by atoms with E-state index in [2.05, 4.69) is 184 Å². The van der Waals surface area contributed by atoms with Gasteiger partial charge in [0.2, 0.25) is 0 Å². The topological polar surface area (TPSA) is 38.9 Å². The number of para-hydroxylation sites is 2. The van der Waals surface area contributed by atoms with Gasteiger partial charge in [0.15, 0.2) is 5.82 Å². The third kappa shape index (κ3) is 4.16. The van der Waals surface area contributed by atoms with Gasteiger partial charge in [-0.15, -0.1) is 0 Å². The normalized spacial score (nSPS) is 14.5. The Hall–Kier alpha value is -7.36. The van der Waals surface area contributed by atoms with Crippen molar-refractivity contribution in [3.05, 3.63) is 215 Å². The zero-order valence-electron chi connectivity index (χ0n) is 32.6. The molecule has 0 atom stereocenters. The zero-order chi connectivity index (χ0) is 39.0. The number of benzene rings is 8. The van der Waals surface area contributed by atoms with E-state index < -0.39 is 5.41 Å². The highest BCUT2D eigenvalue weighted by Gasteiger charge is 2.53. The van der Waals surface area contributed by atoms with E-state index in [1.165, 1.54) is 66.8 Å². The van der Waals surface area contributed by atoms with Gasteiger partial charge in [-0.3, -0.25) is 0 Å². The zero-order valence-corrected chi connectivity index (χ0v) is 32.6. The molecule has 59 heavy (non-hydrogen) atoms. The molecule has 0 bridgehead atoms. The van der Waals surface area contributed by atoms with Crippen LogP contribution in [0.1, 0.15) is 47.2 Å². The number of nitrogens with zero attached hydrogens (tertiary/aromatic N) is 2. The summed E-state index contributed by atoms with van der Waals surface area (Å²) < 4.78 is 6.69. The van der Waals surface area contributed by atoms with E-state index in [1.807, 2.05) is 12.1 Å². The van der Waals surface area contributed by atoms with E-state index in [9.17, 15) is 0 Å². The van der Waals surface area contributed by atoms with Crippen LogP contribution in [0, 0.1) is 0 Å². The van der Waals surface area contributed by atoms with Gasteiger partial charge in [0.1, 0.15) is 11.2 Å². The van der Waals surface area contributed by atoms with Crippen molar-refractivity contribution in [2.24, 2.45) is 0 Å². The highest BCUT2D eigenvalue weighted by molar-refractivity contribution is 6.09. The predicted octanol–water partition coefficient (Wildman–Crippen LogP) is 14.0. The van der Waals surface area contributed by atoms with Crippen LogP contribution >= 0.6 is 0 Å². The van der Waals surface area contributed by atoms with Crippen molar-refractivity contribution in [3.63, 3.8) is 0 Å². The SMILES string of the molecule is CC1(C)c2ccccc2-c2c(-c3cc(-c4cccc5c4oc4ccccc45)nc(-c4cccc5c4C4(c6ccccc6-c6ccccc64)c4ccccc4-5)n3)cccc21. The van der Waals surface area contributed by atoms with Crippen LogP contribution in [0.15, 0.2) is 186 Å². The van der Waals surface area contributed by atoms with Gasteiger partial charge in [0, 0.05) is 32.9 Å². The monoisotopic (exact) mass is 752 g/mol. The highest BCUT2D eigenvalue weighted by Crippen LogP contribution is 2.64. The summed E-state index contributed by atoms with van der Waals surface area (Å²) in [6.45, 7) is 4.67. The molecule has 0 N–H and O–H groups in total. The predicted molar refractivity (Wildman–Crippen MR) is 239 cm³/mol. The summed E-state index contributed by atoms with van der Waals surface area (Å²) in [6, 6.07) is 66.1. The minimum atomic E-state index is -0.551. The maximum atomic E-state index is 6.69. The molecule has 0 unspecified atom stereocenters. The summed E-state index contributed by atoms with van der Waals surface area (Å²) in [4.78, 5) is 11.3. The molecule has 13 rings (SSSR count). The molecule has 3 nitrogen and oxygen atoms in total. The summed E-state index contributed by atoms with van der Waals surface area (Å²) in [5.41, 5.74) is 21.1. The van der Waals surface area contributed by atoms with Gasteiger partial charge in [-0.2, -0.15) is 0 Å². The molecule has 0 aliphatic heterocycles. The van der Waals surface area contributed by atoms with Crippen molar-refractivity contribution in [2.75, 3.05) is 0 Å². The number of fused-ring (bicyclic) bond motifs is 16. The summed E-state index contributed by atoms with van der Waals surface area (Å²) in [6.07, 6.45) is 0. The fourth-order valence-corrected chi connectivity index (χ4v) is 11.1. The molecule has 0 radical (unpaired) electrons. The van der Waals surface area contributed by atoms with E-state index in [0.29, 0.717) is 5.82 Å². The van der Waals surface area contributed by atoms with E-state index in [0.717, 1.165) is 50.0 Å². The van der Waals surface area contributed by atoms with Crippen molar-refractivity contribution < 1.29 is 4.42 Å². The van der Waals surface area contributed by atoms with Gasteiger partial charge in [0.05, 0.1) is 16.8 Å². The fraction of sp³-hybridized carbons (Fsp3) is 0.0714. The second-order valence-electron chi connectivity index (χ2n) is 16.8. The molecule has 3 heteroatoms. The summed E-state index contributed by atoms with van der Waals surface area (Å²) in [5, 5.41) is 2.17. The Morgan fingerprint density at radius 3 is 1.59 bits per heavy atom. The average Bonchev–Trinajstić information content (AvgIpc) is 3.99. The Morgan fingerprint density at radius 1 is 0.390 bits per heavy atom. The van der Waals surface area contributed by atoms with Crippen LogP contribution < -0.4 is 0 Å². The minimum absolute atomic E-state index is 0.151. The van der Waals surface area contributed by atoms with Crippen molar-refractivity contribution in [1.29, 1.82) is 0 Å². The van der Waals surface area contributed by atoms with Gasteiger partial charge in [-0.05, 0) is 85.0 Å². The first-order chi connectivity index (χ1) is 29.0. The van der Waals surface area contributed by atoms with Crippen molar-refractivity contribution in [1.82, 2.24) is 9.97 Å². The third-order valence-corrected chi connectivity index (χ3v) is 13.5. The Balaban J connectivity index is 1.15. The standard InChI is InChI=1S/C56H36N2O/c1-55(2)43-26-8-6-20-39(43)51-40(23-15-30-47(51)55)48-32-49(41-24-14-22-38-36-19-7-12-31-50(36)59-53(38)41)58-54(57-48)42-25-13-21-37-35-18-5-11-29-46(35)56(52(37)42)44-27-9-3-16-33(44)34-17-4-10-28-45(34)56/h3-32H,1-2H3. The molecule has 1 spiro atoms. The third-order valence-electron chi connectivity index (χ3n) is 13.5. The number of furan rings is 1. The van der Waals surface area contributed by atoms with Gasteiger partial charge >= 0.3 is 0 Å². The van der Waals surface area contributed by atoms with Crippen molar-refractivity contribution in [3.8, 4) is 67.3 Å². The average molecular weight is 753 g/mol. The molecule has 2 heterocycles. The number of rotatable bonds is 3. The first kappa shape index (κ1) is 32.7. The molecule has 0 saturated heterocycles. The van der Waals surface area contributed by atoms with Crippen LogP contribution in [0.2, 0.25) is 0 Å². The molecule has 2 aromatic heterocycles. The van der Waals surface area contributed by atoms with Crippen LogP contribution in [0.5, 0.6) is 0 Å². The Labute approximate surface area is 342 Å². The lowest BCUT2D eigenvalue weighted by atomic mass is 9.69. The summed E-state index contributed by atoms with van der Waals surface area (Å²) >= 11 is 0.